The topological polar surface area (TPSA) is 26.0 Å². The predicted octanol–water partition coefficient (Wildman–Crippen LogP) is 1.84. The summed E-state index contributed by atoms with van der Waals surface area (Å²) < 4.78 is 0. The molecule has 1 nitrogen and oxygen atoms in total. The lowest BCUT2D eigenvalue weighted by Crippen LogP contribution is -1.91. The Morgan fingerprint density at radius 2 is 2.20 bits per heavy atom. The van der Waals surface area contributed by atoms with Crippen molar-refractivity contribution in [2.45, 2.75) is 6.42 Å². The van der Waals surface area contributed by atoms with E-state index < -0.39 is 0 Å². The molecule has 0 fully saturated rings. The Hall–Kier alpha value is -1.24. The van der Waals surface area contributed by atoms with Crippen molar-refractivity contribution in [1.82, 2.24) is 0 Å². The van der Waals surface area contributed by atoms with Gasteiger partial charge in [-0.05, 0) is 23.6 Å². The van der Waals surface area contributed by atoms with Gasteiger partial charge in [0, 0.05) is 5.69 Å². The summed E-state index contributed by atoms with van der Waals surface area (Å²) in [5, 5.41) is 0. The number of rotatable bonds is 0. The Kier molecular flexibility index (Phi) is 1.04. The summed E-state index contributed by atoms with van der Waals surface area (Å²) in [4.78, 5) is 0. The second kappa shape index (κ2) is 1.87. The Balaban J connectivity index is 2.66. The highest BCUT2D eigenvalue weighted by Gasteiger charge is 2.05. The Morgan fingerprint density at radius 3 is 3.00 bits per heavy atom. The Labute approximate surface area is 60.2 Å². The van der Waals surface area contributed by atoms with Gasteiger partial charge >= 0.3 is 0 Å². The number of nitrogens with two attached hydrogens (primary N) is 1. The predicted molar refractivity (Wildman–Crippen MR) is 43.6 cm³/mol. The van der Waals surface area contributed by atoms with E-state index in [0.717, 1.165) is 12.1 Å². The lowest BCUT2D eigenvalue weighted by Gasteiger charge is -2.00. The van der Waals surface area contributed by atoms with E-state index in [1.54, 1.807) is 0 Å². The molecule has 2 rings (SSSR count). The lowest BCUT2D eigenvalue weighted by atomic mass is 10.1. The fraction of sp³-hybridized carbons (Fsp3) is 0.111. The van der Waals surface area contributed by atoms with Crippen LogP contribution in [0.1, 0.15) is 11.1 Å². The van der Waals surface area contributed by atoms with Crippen molar-refractivity contribution in [3.05, 3.63) is 35.4 Å². The van der Waals surface area contributed by atoms with Gasteiger partial charge in [-0.25, -0.2) is 0 Å². The molecule has 10 heavy (non-hydrogen) atoms. The maximum absolute atomic E-state index is 5.73. The third kappa shape index (κ3) is 0.637. The van der Waals surface area contributed by atoms with E-state index in [1.165, 1.54) is 11.1 Å². The highest BCUT2D eigenvalue weighted by atomic mass is 14.6. The quantitative estimate of drug-likeness (QED) is 0.534. The summed E-state index contributed by atoms with van der Waals surface area (Å²) in [6.07, 6.45) is 5.26. The largest absolute Gasteiger partial charge is 0.398 e. The van der Waals surface area contributed by atoms with Gasteiger partial charge in [0.05, 0.1) is 0 Å². The third-order valence-corrected chi connectivity index (χ3v) is 1.87. The fourth-order valence-electron chi connectivity index (χ4n) is 1.32. The first-order chi connectivity index (χ1) is 4.88. The summed E-state index contributed by atoms with van der Waals surface area (Å²) in [6, 6.07) is 6.03. The number of hydrogen-bond donors (Lipinski definition) is 1. The molecule has 0 aliphatic heterocycles. The average Bonchev–Trinajstić information content (AvgIpc) is 2.36. The summed E-state index contributed by atoms with van der Waals surface area (Å²) in [5.74, 6) is 0. The molecule has 0 atom stereocenters. The van der Waals surface area contributed by atoms with Crippen LogP contribution in [0, 0.1) is 0 Å². The molecule has 1 heteroatoms. The molecule has 0 amide bonds. The molecule has 0 saturated heterocycles. The van der Waals surface area contributed by atoms with Gasteiger partial charge in [-0.1, -0.05) is 24.3 Å². The summed E-state index contributed by atoms with van der Waals surface area (Å²) in [7, 11) is 0. The second-order valence-corrected chi connectivity index (χ2v) is 2.52. The summed E-state index contributed by atoms with van der Waals surface area (Å²) >= 11 is 0. The number of hydrogen-bond acceptors (Lipinski definition) is 1. The molecular formula is C9H9N. The van der Waals surface area contributed by atoms with Crippen LogP contribution in [0.3, 0.4) is 0 Å². The molecule has 1 aromatic rings. The van der Waals surface area contributed by atoms with Crippen LogP contribution in [0.25, 0.3) is 6.08 Å². The van der Waals surface area contributed by atoms with Gasteiger partial charge < -0.3 is 5.73 Å². The monoisotopic (exact) mass is 131 g/mol. The third-order valence-electron chi connectivity index (χ3n) is 1.87. The van der Waals surface area contributed by atoms with Crippen LogP contribution >= 0.6 is 0 Å². The molecule has 0 saturated carbocycles. The standard InChI is InChI=1S/C9H9N/c10-9-6-2-4-7-3-1-5-8(7)9/h1-4,6H,5,10H2. The van der Waals surface area contributed by atoms with Gasteiger partial charge in [0.1, 0.15) is 0 Å². The number of allylic oxidation sites excluding steroid dienone is 1. The van der Waals surface area contributed by atoms with Crippen molar-refractivity contribution in [1.29, 1.82) is 0 Å². The lowest BCUT2D eigenvalue weighted by molar-refractivity contribution is 1.32. The molecule has 50 valence electrons. The van der Waals surface area contributed by atoms with E-state index in [2.05, 4.69) is 18.2 Å². The van der Waals surface area contributed by atoms with Gasteiger partial charge in [0.15, 0.2) is 0 Å². The van der Waals surface area contributed by atoms with Crippen LogP contribution in [0.2, 0.25) is 0 Å². The van der Waals surface area contributed by atoms with Crippen LogP contribution in [-0.2, 0) is 6.42 Å². The molecule has 0 spiro atoms. The normalized spacial score (nSPS) is 13.6. The summed E-state index contributed by atoms with van der Waals surface area (Å²) in [6.45, 7) is 0. The molecule has 0 heterocycles. The van der Waals surface area contributed by atoms with Crippen LogP contribution in [0.15, 0.2) is 24.3 Å². The highest BCUT2D eigenvalue weighted by Crippen LogP contribution is 2.24. The minimum atomic E-state index is 0.919. The first-order valence-electron chi connectivity index (χ1n) is 3.42. The zero-order valence-electron chi connectivity index (χ0n) is 5.67. The van der Waals surface area contributed by atoms with Crippen LogP contribution in [0.5, 0.6) is 0 Å². The van der Waals surface area contributed by atoms with Crippen LogP contribution in [0.4, 0.5) is 5.69 Å². The smallest absolute Gasteiger partial charge is 0.0355 e. The van der Waals surface area contributed by atoms with E-state index in [-0.39, 0.29) is 0 Å². The van der Waals surface area contributed by atoms with Crippen molar-refractivity contribution < 1.29 is 0 Å². The minimum absolute atomic E-state index is 0.919. The molecule has 1 aromatic carbocycles. The summed E-state index contributed by atoms with van der Waals surface area (Å²) in [5.41, 5.74) is 9.21. The van der Waals surface area contributed by atoms with Crippen molar-refractivity contribution in [2.24, 2.45) is 0 Å². The van der Waals surface area contributed by atoms with E-state index in [1.807, 2.05) is 12.1 Å². The maximum atomic E-state index is 5.73. The van der Waals surface area contributed by atoms with Gasteiger partial charge in [-0.2, -0.15) is 0 Å². The molecule has 0 bridgehead atoms. The first-order valence-corrected chi connectivity index (χ1v) is 3.42. The Bertz CT molecular complexity index is 287. The number of anilines is 1. The minimum Gasteiger partial charge on any atom is -0.398 e. The van der Waals surface area contributed by atoms with E-state index in [4.69, 9.17) is 5.73 Å². The van der Waals surface area contributed by atoms with Crippen molar-refractivity contribution in [3.8, 4) is 0 Å². The van der Waals surface area contributed by atoms with E-state index in [9.17, 15) is 0 Å². The van der Waals surface area contributed by atoms with Gasteiger partial charge in [0.2, 0.25) is 0 Å². The molecule has 1 aliphatic carbocycles. The van der Waals surface area contributed by atoms with Gasteiger partial charge in [-0.15, -0.1) is 0 Å². The van der Waals surface area contributed by atoms with Crippen LogP contribution in [-0.4, -0.2) is 0 Å². The van der Waals surface area contributed by atoms with E-state index in [0.29, 0.717) is 0 Å². The molecule has 2 N–H and O–H groups in total. The van der Waals surface area contributed by atoms with Crippen molar-refractivity contribution in [3.63, 3.8) is 0 Å². The zero-order valence-corrected chi connectivity index (χ0v) is 5.67. The molecule has 0 unspecified atom stereocenters. The van der Waals surface area contributed by atoms with Crippen molar-refractivity contribution >= 4 is 11.8 Å². The molecule has 1 aliphatic rings. The highest BCUT2D eigenvalue weighted by molar-refractivity contribution is 5.67. The number of benzene rings is 1. The number of nitrogen functional groups attached to an aromatic ring is 1. The maximum Gasteiger partial charge on any atom is 0.0355 e. The van der Waals surface area contributed by atoms with Crippen LogP contribution < -0.4 is 5.73 Å². The zero-order chi connectivity index (χ0) is 6.97. The van der Waals surface area contributed by atoms with Gasteiger partial charge in [-0.3, -0.25) is 0 Å². The molecular weight excluding hydrogens is 122 g/mol. The van der Waals surface area contributed by atoms with Gasteiger partial charge in [0.25, 0.3) is 0 Å². The van der Waals surface area contributed by atoms with E-state index >= 15 is 0 Å². The number of fused-ring (bicyclic) bond motifs is 1. The first kappa shape index (κ1) is 5.54. The Morgan fingerprint density at radius 1 is 1.30 bits per heavy atom. The SMILES string of the molecule is Nc1cccc2c1CC=C2. The molecule has 0 radical (unpaired) electrons. The fourth-order valence-corrected chi connectivity index (χ4v) is 1.32. The van der Waals surface area contributed by atoms with Crippen molar-refractivity contribution in [2.75, 3.05) is 5.73 Å². The molecule has 0 aromatic heterocycles. The second-order valence-electron chi connectivity index (χ2n) is 2.52. The average molecular weight is 131 g/mol.